The van der Waals surface area contributed by atoms with E-state index < -0.39 is 11.9 Å². The van der Waals surface area contributed by atoms with E-state index >= 15 is 0 Å². The monoisotopic (exact) mass is 422 g/mol. The highest BCUT2D eigenvalue weighted by Crippen LogP contribution is 2.33. The molecule has 3 aromatic rings. The number of amides is 2. The molecule has 0 bridgehead atoms. The summed E-state index contributed by atoms with van der Waals surface area (Å²) in [5.41, 5.74) is 1.81. The lowest BCUT2D eigenvalue weighted by Crippen LogP contribution is -2.24. The van der Waals surface area contributed by atoms with Crippen LogP contribution in [0.1, 0.15) is 61.3 Å². The lowest BCUT2D eigenvalue weighted by atomic mass is 10.1. The van der Waals surface area contributed by atoms with Gasteiger partial charge in [0.05, 0.1) is 11.1 Å². The number of hydrogen-bond donors (Lipinski definition) is 3. The molecule has 7 heteroatoms. The predicted octanol–water partition coefficient (Wildman–Crippen LogP) is 4.75. The average molecular weight is 423 g/mol. The van der Waals surface area contributed by atoms with Gasteiger partial charge in [-0.3, -0.25) is 9.59 Å². The van der Waals surface area contributed by atoms with Gasteiger partial charge in [0.25, 0.3) is 11.8 Å². The van der Waals surface area contributed by atoms with Crippen molar-refractivity contribution in [3.63, 3.8) is 0 Å². The predicted molar refractivity (Wildman–Crippen MR) is 117 cm³/mol. The Morgan fingerprint density at radius 2 is 1.57 bits per heavy atom. The van der Waals surface area contributed by atoms with Gasteiger partial charge in [0.2, 0.25) is 0 Å². The van der Waals surface area contributed by atoms with Crippen LogP contribution in [0.4, 0.5) is 5.00 Å². The molecular formula is C23H22N2O4S. The Labute approximate surface area is 178 Å². The van der Waals surface area contributed by atoms with E-state index in [-0.39, 0.29) is 17.4 Å². The quantitative estimate of drug-likeness (QED) is 0.512. The molecule has 1 aromatic heterocycles. The van der Waals surface area contributed by atoms with Gasteiger partial charge in [0, 0.05) is 17.0 Å². The minimum absolute atomic E-state index is 0.103. The summed E-state index contributed by atoms with van der Waals surface area (Å²) in [4.78, 5) is 37.4. The van der Waals surface area contributed by atoms with E-state index in [0.717, 1.165) is 10.4 Å². The number of carboxylic acids is 1. The smallest absolute Gasteiger partial charge is 0.335 e. The lowest BCUT2D eigenvalue weighted by molar-refractivity contribution is 0.0696. The van der Waals surface area contributed by atoms with Crippen molar-refractivity contribution >= 4 is 34.1 Å². The molecule has 0 spiro atoms. The number of thiophene rings is 1. The topological polar surface area (TPSA) is 95.5 Å². The summed E-state index contributed by atoms with van der Waals surface area (Å²) in [7, 11) is 0. The van der Waals surface area contributed by atoms with Crippen molar-refractivity contribution in [2.75, 3.05) is 5.32 Å². The Morgan fingerprint density at radius 3 is 2.17 bits per heavy atom. The number of aromatic carboxylic acids is 1. The third kappa shape index (κ3) is 5.12. The normalized spacial score (nSPS) is 10.6. The van der Waals surface area contributed by atoms with Crippen molar-refractivity contribution in [2.45, 2.75) is 26.3 Å². The molecule has 154 valence electrons. The van der Waals surface area contributed by atoms with E-state index in [9.17, 15) is 14.4 Å². The molecule has 3 rings (SSSR count). The van der Waals surface area contributed by atoms with Crippen LogP contribution in [0.15, 0.2) is 60.7 Å². The molecule has 6 nitrogen and oxygen atoms in total. The Kier molecular flexibility index (Phi) is 6.64. The number of benzene rings is 2. The van der Waals surface area contributed by atoms with Gasteiger partial charge in [-0.1, -0.05) is 44.2 Å². The van der Waals surface area contributed by atoms with Crippen LogP contribution in [0, 0.1) is 0 Å². The van der Waals surface area contributed by atoms with Gasteiger partial charge < -0.3 is 15.7 Å². The fraction of sp³-hybridized carbons (Fsp3) is 0.174. The Morgan fingerprint density at radius 1 is 0.933 bits per heavy atom. The summed E-state index contributed by atoms with van der Waals surface area (Å²) in [6, 6.07) is 17.0. The second-order valence-corrected chi connectivity index (χ2v) is 8.13. The number of carbonyl (C=O) groups excluding carboxylic acids is 2. The second-order valence-electron chi connectivity index (χ2n) is 7.05. The molecule has 0 aliphatic carbocycles. The summed E-state index contributed by atoms with van der Waals surface area (Å²) in [6.45, 7) is 4.43. The van der Waals surface area contributed by atoms with E-state index in [1.54, 1.807) is 6.07 Å². The fourth-order valence-corrected chi connectivity index (χ4v) is 3.82. The number of anilines is 1. The summed E-state index contributed by atoms with van der Waals surface area (Å²) in [5, 5.41) is 15.2. The van der Waals surface area contributed by atoms with E-state index in [1.807, 2.05) is 44.2 Å². The first-order valence-corrected chi connectivity index (χ1v) is 10.3. The van der Waals surface area contributed by atoms with Crippen LogP contribution in [0.25, 0.3) is 0 Å². The van der Waals surface area contributed by atoms with Crippen LogP contribution < -0.4 is 10.6 Å². The van der Waals surface area contributed by atoms with E-state index in [2.05, 4.69) is 10.6 Å². The summed E-state index contributed by atoms with van der Waals surface area (Å²) < 4.78 is 0. The maximum absolute atomic E-state index is 12.8. The first-order valence-electron chi connectivity index (χ1n) is 9.45. The van der Waals surface area contributed by atoms with E-state index in [4.69, 9.17) is 5.11 Å². The molecule has 3 N–H and O–H groups in total. The highest BCUT2D eigenvalue weighted by Gasteiger charge is 2.20. The van der Waals surface area contributed by atoms with Gasteiger partial charge in [-0.25, -0.2) is 4.79 Å². The van der Waals surface area contributed by atoms with Crippen LogP contribution in [0.3, 0.4) is 0 Å². The summed E-state index contributed by atoms with van der Waals surface area (Å²) in [5.74, 6) is -1.52. The summed E-state index contributed by atoms with van der Waals surface area (Å²) in [6.07, 6.45) is 0. The van der Waals surface area contributed by atoms with Crippen molar-refractivity contribution < 1.29 is 19.5 Å². The maximum atomic E-state index is 12.8. The number of rotatable bonds is 7. The van der Waals surface area contributed by atoms with E-state index in [1.165, 1.54) is 35.6 Å². The minimum atomic E-state index is -1.06. The maximum Gasteiger partial charge on any atom is 0.335 e. The molecule has 0 aliphatic rings. The standard InChI is InChI=1S/C23H22N2O4S/c1-14(2)19-12-18(21(27)24-13-15-6-4-3-5-7-15)22(30-19)25-20(26)16-8-10-17(11-9-16)23(28)29/h3-12,14H,13H2,1-2H3,(H,24,27)(H,25,26)(H,28,29). The molecule has 2 amide bonds. The molecule has 2 aromatic carbocycles. The van der Waals surface area contributed by atoms with Crippen LogP contribution in [-0.4, -0.2) is 22.9 Å². The van der Waals surface area contributed by atoms with Gasteiger partial charge in [0.15, 0.2) is 0 Å². The SMILES string of the molecule is CC(C)c1cc(C(=O)NCc2ccccc2)c(NC(=O)c2ccc(C(=O)O)cc2)s1. The van der Waals surface area contributed by atoms with Gasteiger partial charge in [0.1, 0.15) is 5.00 Å². The molecule has 30 heavy (non-hydrogen) atoms. The zero-order chi connectivity index (χ0) is 21.7. The lowest BCUT2D eigenvalue weighted by Gasteiger charge is -2.08. The zero-order valence-corrected chi connectivity index (χ0v) is 17.5. The van der Waals surface area contributed by atoms with E-state index in [0.29, 0.717) is 22.7 Å². The van der Waals surface area contributed by atoms with Crippen molar-refractivity contribution in [3.8, 4) is 0 Å². The Balaban J connectivity index is 1.78. The third-order valence-electron chi connectivity index (χ3n) is 4.48. The minimum Gasteiger partial charge on any atom is -0.478 e. The Hall–Kier alpha value is -3.45. The second kappa shape index (κ2) is 9.37. The molecule has 0 radical (unpaired) electrons. The van der Waals surface area contributed by atoms with Gasteiger partial charge >= 0.3 is 5.97 Å². The summed E-state index contributed by atoms with van der Waals surface area (Å²) >= 11 is 1.36. The highest BCUT2D eigenvalue weighted by atomic mass is 32.1. The van der Waals surface area contributed by atoms with Crippen LogP contribution in [0.2, 0.25) is 0 Å². The van der Waals surface area contributed by atoms with Gasteiger partial charge in [-0.15, -0.1) is 11.3 Å². The van der Waals surface area contributed by atoms with Crippen molar-refractivity contribution in [2.24, 2.45) is 0 Å². The van der Waals surface area contributed by atoms with Crippen LogP contribution in [-0.2, 0) is 6.54 Å². The number of carbonyl (C=O) groups is 3. The molecule has 0 unspecified atom stereocenters. The third-order valence-corrected chi connectivity index (χ3v) is 5.83. The number of hydrogen-bond acceptors (Lipinski definition) is 4. The largest absolute Gasteiger partial charge is 0.478 e. The number of carboxylic acid groups (broad SMARTS) is 1. The zero-order valence-electron chi connectivity index (χ0n) is 16.6. The molecule has 0 fully saturated rings. The van der Waals surface area contributed by atoms with Crippen molar-refractivity contribution in [1.29, 1.82) is 0 Å². The Bertz CT molecular complexity index is 1060. The van der Waals surface area contributed by atoms with Crippen LogP contribution >= 0.6 is 11.3 Å². The molecular weight excluding hydrogens is 400 g/mol. The first kappa shape index (κ1) is 21.3. The average Bonchev–Trinajstić information content (AvgIpc) is 3.17. The molecule has 0 saturated carbocycles. The first-order chi connectivity index (χ1) is 14.3. The molecule has 1 heterocycles. The van der Waals surface area contributed by atoms with Gasteiger partial charge in [-0.05, 0) is 41.8 Å². The van der Waals surface area contributed by atoms with Gasteiger partial charge in [-0.2, -0.15) is 0 Å². The highest BCUT2D eigenvalue weighted by molar-refractivity contribution is 7.16. The van der Waals surface area contributed by atoms with Crippen molar-refractivity contribution in [3.05, 3.63) is 87.8 Å². The molecule has 0 saturated heterocycles. The fourth-order valence-electron chi connectivity index (χ4n) is 2.77. The molecule has 0 aliphatic heterocycles. The van der Waals surface area contributed by atoms with Crippen LogP contribution in [0.5, 0.6) is 0 Å². The van der Waals surface area contributed by atoms with Crippen molar-refractivity contribution in [1.82, 2.24) is 5.32 Å². The number of nitrogens with one attached hydrogen (secondary N) is 2. The molecule has 0 atom stereocenters.